The topological polar surface area (TPSA) is 3.24 Å². The zero-order valence-corrected chi connectivity index (χ0v) is 8.21. The monoisotopic (exact) mass is 165 g/mol. The van der Waals surface area contributed by atoms with Gasteiger partial charge in [0.1, 0.15) is 0 Å². The van der Waals surface area contributed by atoms with Gasteiger partial charge in [-0.2, -0.15) is 0 Å². The summed E-state index contributed by atoms with van der Waals surface area (Å²) in [5.41, 5.74) is 1.70. The van der Waals surface area contributed by atoms with Crippen LogP contribution in [0.15, 0.2) is 11.6 Å². The summed E-state index contributed by atoms with van der Waals surface area (Å²) in [5.74, 6) is 0. The SMILES string of the molecule is CCC1=CC2CCC(C1)N2CC. The number of rotatable bonds is 2. The van der Waals surface area contributed by atoms with Crippen molar-refractivity contribution in [2.75, 3.05) is 6.54 Å². The summed E-state index contributed by atoms with van der Waals surface area (Å²) < 4.78 is 0. The Morgan fingerprint density at radius 1 is 1.42 bits per heavy atom. The lowest BCUT2D eigenvalue weighted by Crippen LogP contribution is -2.38. The highest BCUT2D eigenvalue weighted by Crippen LogP contribution is 2.35. The first-order valence-corrected chi connectivity index (χ1v) is 5.30. The van der Waals surface area contributed by atoms with Crippen LogP contribution < -0.4 is 0 Å². The van der Waals surface area contributed by atoms with E-state index in [4.69, 9.17) is 0 Å². The molecule has 0 aromatic heterocycles. The van der Waals surface area contributed by atoms with Crippen LogP contribution in [0.25, 0.3) is 0 Å². The Balaban J connectivity index is 2.14. The Kier molecular flexibility index (Phi) is 2.22. The quantitative estimate of drug-likeness (QED) is 0.568. The maximum Gasteiger partial charge on any atom is 0.0284 e. The van der Waals surface area contributed by atoms with Crippen LogP contribution in [0.1, 0.15) is 39.5 Å². The molecule has 0 spiro atoms. The molecule has 68 valence electrons. The van der Waals surface area contributed by atoms with Crippen molar-refractivity contribution in [3.05, 3.63) is 11.6 Å². The maximum atomic E-state index is 2.67. The van der Waals surface area contributed by atoms with Crippen molar-refractivity contribution in [1.29, 1.82) is 0 Å². The van der Waals surface area contributed by atoms with E-state index >= 15 is 0 Å². The minimum absolute atomic E-state index is 0.795. The summed E-state index contributed by atoms with van der Waals surface area (Å²) in [6.07, 6.45) is 7.97. The van der Waals surface area contributed by atoms with Crippen LogP contribution >= 0.6 is 0 Å². The van der Waals surface area contributed by atoms with Crippen LogP contribution in [0, 0.1) is 0 Å². The maximum absolute atomic E-state index is 2.67. The second-order valence-corrected chi connectivity index (χ2v) is 4.01. The lowest BCUT2D eigenvalue weighted by atomic mass is 9.99. The van der Waals surface area contributed by atoms with Crippen molar-refractivity contribution in [3.8, 4) is 0 Å². The molecule has 0 aromatic rings. The third kappa shape index (κ3) is 1.20. The smallest absolute Gasteiger partial charge is 0.0284 e. The fourth-order valence-corrected chi connectivity index (χ4v) is 2.76. The van der Waals surface area contributed by atoms with E-state index in [9.17, 15) is 0 Å². The molecule has 12 heavy (non-hydrogen) atoms. The average molecular weight is 165 g/mol. The number of hydrogen-bond acceptors (Lipinski definition) is 1. The van der Waals surface area contributed by atoms with Gasteiger partial charge in [-0.25, -0.2) is 0 Å². The molecular formula is C11H19N. The second kappa shape index (κ2) is 3.21. The van der Waals surface area contributed by atoms with E-state index < -0.39 is 0 Å². The van der Waals surface area contributed by atoms with Crippen molar-refractivity contribution in [1.82, 2.24) is 4.90 Å². The van der Waals surface area contributed by atoms with Gasteiger partial charge in [-0.1, -0.05) is 25.5 Å². The van der Waals surface area contributed by atoms with E-state index in [1.807, 2.05) is 0 Å². The first-order valence-electron chi connectivity index (χ1n) is 5.30. The summed E-state index contributed by atoms with van der Waals surface area (Å²) in [4.78, 5) is 2.67. The van der Waals surface area contributed by atoms with Gasteiger partial charge < -0.3 is 0 Å². The molecule has 2 unspecified atom stereocenters. The Bertz CT molecular complexity index is 195. The summed E-state index contributed by atoms with van der Waals surface area (Å²) in [5, 5.41) is 0. The molecular weight excluding hydrogens is 146 g/mol. The van der Waals surface area contributed by atoms with Gasteiger partial charge in [0.2, 0.25) is 0 Å². The molecule has 1 saturated heterocycles. The Hall–Kier alpha value is -0.300. The first kappa shape index (κ1) is 8.31. The highest BCUT2D eigenvalue weighted by molar-refractivity contribution is 5.17. The molecule has 2 rings (SSSR count). The normalized spacial score (nSPS) is 35.3. The van der Waals surface area contributed by atoms with E-state index in [0.29, 0.717) is 0 Å². The number of likely N-dealkylation sites (N-methyl/N-ethyl adjacent to an activating group) is 1. The molecule has 2 heterocycles. The third-order valence-corrected chi connectivity index (χ3v) is 3.44. The average Bonchev–Trinajstić information content (AvgIpc) is 2.35. The summed E-state index contributed by atoms with van der Waals surface area (Å²) in [6, 6.07) is 1.68. The fraction of sp³-hybridized carbons (Fsp3) is 0.818. The standard InChI is InChI=1S/C11H19N/c1-3-9-7-10-5-6-11(8-9)12(10)4-2/h7,10-11H,3-6,8H2,1-2H3. The lowest BCUT2D eigenvalue weighted by molar-refractivity contribution is 0.214. The van der Waals surface area contributed by atoms with E-state index in [0.717, 1.165) is 12.1 Å². The molecule has 2 aliphatic heterocycles. The van der Waals surface area contributed by atoms with Gasteiger partial charge in [0.25, 0.3) is 0 Å². The molecule has 0 aromatic carbocycles. The first-order chi connectivity index (χ1) is 5.85. The molecule has 0 aliphatic carbocycles. The zero-order chi connectivity index (χ0) is 8.55. The Morgan fingerprint density at radius 3 is 2.83 bits per heavy atom. The fourth-order valence-electron chi connectivity index (χ4n) is 2.76. The van der Waals surface area contributed by atoms with Crippen LogP contribution in [0.2, 0.25) is 0 Å². The van der Waals surface area contributed by atoms with Gasteiger partial charge in [0.15, 0.2) is 0 Å². The van der Waals surface area contributed by atoms with Crippen molar-refractivity contribution in [3.63, 3.8) is 0 Å². The van der Waals surface area contributed by atoms with E-state index in [1.165, 1.54) is 32.2 Å². The van der Waals surface area contributed by atoms with E-state index in [2.05, 4.69) is 24.8 Å². The summed E-state index contributed by atoms with van der Waals surface area (Å²) in [7, 11) is 0. The highest BCUT2D eigenvalue weighted by Gasteiger charge is 2.34. The van der Waals surface area contributed by atoms with Gasteiger partial charge in [0, 0.05) is 12.1 Å². The molecule has 0 radical (unpaired) electrons. The van der Waals surface area contributed by atoms with E-state index in [-0.39, 0.29) is 0 Å². The second-order valence-electron chi connectivity index (χ2n) is 4.01. The molecule has 2 atom stereocenters. The zero-order valence-electron chi connectivity index (χ0n) is 8.21. The largest absolute Gasteiger partial charge is 0.294 e. The van der Waals surface area contributed by atoms with Gasteiger partial charge in [-0.05, 0) is 32.2 Å². The van der Waals surface area contributed by atoms with Crippen LogP contribution in [-0.4, -0.2) is 23.5 Å². The van der Waals surface area contributed by atoms with Crippen molar-refractivity contribution >= 4 is 0 Å². The molecule has 0 N–H and O–H groups in total. The number of hydrogen-bond donors (Lipinski definition) is 0. The Morgan fingerprint density at radius 2 is 2.25 bits per heavy atom. The molecule has 0 amide bonds. The van der Waals surface area contributed by atoms with Crippen LogP contribution in [0.4, 0.5) is 0 Å². The van der Waals surface area contributed by atoms with Crippen molar-refractivity contribution in [2.24, 2.45) is 0 Å². The summed E-state index contributed by atoms with van der Waals surface area (Å²) >= 11 is 0. The summed E-state index contributed by atoms with van der Waals surface area (Å²) in [6.45, 7) is 5.81. The van der Waals surface area contributed by atoms with E-state index in [1.54, 1.807) is 5.57 Å². The van der Waals surface area contributed by atoms with Crippen LogP contribution in [0.5, 0.6) is 0 Å². The van der Waals surface area contributed by atoms with Gasteiger partial charge in [-0.15, -0.1) is 0 Å². The van der Waals surface area contributed by atoms with Gasteiger partial charge >= 0.3 is 0 Å². The Labute approximate surface area is 75.4 Å². The minimum Gasteiger partial charge on any atom is -0.294 e. The number of fused-ring (bicyclic) bond motifs is 2. The van der Waals surface area contributed by atoms with Crippen LogP contribution in [0.3, 0.4) is 0 Å². The molecule has 2 bridgehead atoms. The molecule has 1 nitrogen and oxygen atoms in total. The predicted molar refractivity (Wildman–Crippen MR) is 52.2 cm³/mol. The number of nitrogens with zero attached hydrogens (tertiary/aromatic N) is 1. The molecule has 2 aliphatic rings. The predicted octanol–water partition coefficient (Wildman–Crippen LogP) is 2.58. The minimum atomic E-state index is 0.795. The van der Waals surface area contributed by atoms with Gasteiger partial charge in [-0.3, -0.25) is 4.90 Å². The molecule has 1 heteroatoms. The molecule has 0 saturated carbocycles. The van der Waals surface area contributed by atoms with Crippen molar-refractivity contribution < 1.29 is 0 Å². The van der Waals surface area contributed by atoms with Gasteiger partial charge in [0.05, 0.1) is 0 Å². The lowest BCUT2D eigenvalue weighted by Gasteiger charge is -2.32. The van der Waals surface area contributed by atoms with Crippen LogP contribution in [-0.2, 0) is 0 Å². The third-order valence-electron chi connectivity index (χ3n) is 3.44. The molecule has 1 fully saturated rings. The highest BCUT2D eigenvalue weighted by atomic mass is 15.2. The van der Waals surface area contributed by atoms with Crippen molar-refractivity contribution in [2.45, 2.75) is 51.6 Å².